The lowest BCUT2D eigenvalue weighted by Crippen LogP contribution is -2.39. The van der Waals surface area contributed by atoms with Crippen LogP contribution in [0.1, 0.15) is 24.4 Å². The molecule has 0 radical (unpaired) electrons. The van der Waals surface area contributed by atoms with Crippen LogP contribution in [0.3, 0.4) is 0 Å². The summed E-state index contributed by atoms with van der Waals surface area (Å²) in [6.45, 7) is 2.81. The van der Waals surface area contributed by atoms with E-state index in [1.54, 1.807) is 0 Å². The highest BCUT2D eigenvalue weighted by Gasteiger charge is 2.21. The van der Waals surface area contributed by atoms with Crippen molar-refractivity contribution in [2.75, 3.05) is 19.6 Å². The maximum Gasteiger partial charge on any atom is 0.325 e. The molecule has 1 saturated heterocycles. The van der Waals surface area contributed by atoms with Crippen LogP contribution in [0.25, 0.3) is 0 Å². The first-order valence-corrected chi connectivity index (χ1v) is 6.49. The van der Waals surface area contributed by atoms with Gasteiger partial charge in [-0.15, -0.1) is 0 Å². The van der Waals surface area contributed by atoms with Crippen LogP contribution in [-0.4, -0.2) is 30.7 Å². The zero-order valence-corrected chi connectivity index (χ0v) is 10.4. The molecule has 98 valence electrons. The molecule has 1 aliphatic heterocycles. The van der Waals surface area contributed by atoms with Gasteiger partial charge in [0.25, 0.3) is 0 Å². The highest BCUT2D eigenvalue weighted by Crippen LogP contribution is 2.15. The third kappa shape index (κ3) is 3.55. The normalized spacial score (nSPS) is 21.4. The van der Waals surface area contributed by atoms with Crippen molar-refractivity contribution in [3.8, 4) is 0 Å². The molecule has 0 bridgehead atoms. The van der Waals surface area contributed by atoms with Crippen LogP contribution >= 0.6 is 0 Å². The molecule has 1 aliphatic rings. The van der Waals surface area contributed by atoms with Crippen LogP contribution in [0, 0.1) is 5.92 Å². The van der Waals surface area contributed by atoms with Gasteiger partial charge in [0, 0.05) is 6.54 Å². The van der Waals surface area contributed by atoms with E-state index in [1.165, 1.54) is 12.8 Å². The average Bonchev–Trinajstić information content (AvgIpc) is 2.41. The summed E-state index contributed by atoms with van der Waals surface area (Å²) in [6.07, 6.45) is 2.34. The fourth-order valence-electron chi connectivity index (χ4n) is 2.38. The van der Waals surface area contributed by atoms with Crippen LogP contribution < -0.4 is 10.6 Å². The number of carbonyl (C=O) groups is 1. The van der Waals surface area contributed by atoms with E-state index in [1.807, 2.05) is 30.3 Å². The predicted octanol–water partition coefficient (Wildman–Crippen LogP) is 1.40. The van der Waals surface area contributed by atoms with Gasteiger partial charge in [0.15, 0.2) is 0 Å². The van der Waals surface area contributed by atoms with Crippen molar-refractivity contribution >= 4 is 5.97 Å². The van der Waals surface area contributed by atoms with Crippen molar-refractivity contribution in [2.24, 2.45) is 5.92 Å². The van der Waals surface area contributed by atoms with Crippen molar-refractivity contribution in [3.05, 3.63) is 35.9 Å². The fourth-order valence-corrected chi connectivity index (χ4v) is 2.38. The van der Waals surface area contributed by atoms with Crippen molar-refractivity contribution in [2.45, 2.75) is 18.9 Å². The molecule has 2 rings (SSSR count). The number of piperidine rings is 1. The summed E-state index contributed by atoms with van der Waals surface area (Å²) < 4.78 is 0. The van der Waals surface area contributed by atoms with Crippen molar-refractivity contribution in [1.29, 1.82) is 0 Å². The topological polar surface area (TPSA) is 61.4 Å². The Balaban J connectivity index is 1.92. The molecule has 18 heavy (non-hydrogen) atoms. The first-order valence-electron chi connectivity index (χ1n) is 6.49. The molecular formula is C14H20N2O2. The van der Waals surface area contributed by atoms with Gasteiger partial charge in [0.05, 0.1) is 0 Å². The second-order valence-electron chi connectivity index (χ2n) is 4.80. The number of benzene rings is 1. The van der Waals surface area contributed by atoms with Gasteiger partial charge < -0.3 is 15.7 Å². The first-order chi connectivity index (χ1) is 8.77. The van der Waals surface area contributed by atoms with Gasteiger partial charge in [-0.1, -0.05) is 30.3 Å². The SMILES string of the molecule is O=C(O)C(NCC1CCCNC1)c1ccccc1. The van der Waals surface area contributed by atoms with Gasteiger partial charge in [-0.25, -0.2) is 0 Å². The fraction of sp³-hybridized carbons (Fsp3) is 0.500. The molecule has 4 heteroatoms. The van der Waals surface area contributed by atoms with E-state index < -0.39 is 12.0 Å². The molecule has 0 amide bonds. The molecule has 0 aliphatic carbocycles. The largest absolute Gasteiger partial charge is 0.480 e. The van der Waals surface area contributed by atoms with E-state index in [-0.39, 0.29) is 0 Å². The number of aliphatic carboxylic acids is 1. The quantitative estimate of drug-likeness (QED) is 0.737. The van der Waals surface area contributed by atoms with Crippen LogP contribution in [0.2, 0.25) is 0 Å². The lowest BCUT2D eigenvalue weighted by Gasteiger charge is -2.25. The molecule has 0 spiro atoms. The molecule has 1 aromatic carbocycles. The summed E-state index contributed by atoms with van der Waals surface area (Å²) in [5.41, 5.74) is 0.814. The molecule has 2 atom stereocenters. The van der Waals surface area contributed by atoms with Crippen LogP contribution in [-0.2, 0) is 4.79 Å². The second kappa shape index (κ2) is 6.52. The second-order valence-corrected chi connectivity index (χ2v) is 4.80. The van der Waals surface area contributed by atoms with E-state index >= 15 is 0 Å². The molecule has 2 unspecified atom stereocenters. The molecular weight excluding hydrogens is 228 g/mol. The van der Waals surface area contributed by atoms with Crippen molar-refractivity contribution in [3.63, 3.8) is 0 Å². The minimum atomic E-state index is -0.815. The highest BCUT2D eigenvalue weighted by molar-refractivity contribution is 5.75. The lowest BCUT2D eigenvalue weighted by atomic mass is 9.98. The summed E-state index contributed by atoms with van der Waals surface area (Å²) in [6, 6.07) is 8.74. The Morgan fingerprint density at radius 3 is 2.83 bits per heavy atom. The Hall–Kier alpha value is -1.39. The summed E-state index contributed by atoms with van der Waals surface area (Å²) in [5.74, 6) is -0.283. The number of carboxylic acids is 1. The summed E-state index contributed by atoms with van der Waals surface area (Å²) in [5, 5.41) is 15.8. The Morgan fingerprint density at radius 2 is 2.22 bits per heavy atom. The van der Waals surface area contributed by atoms with Crippen LogP contribution in [0.15, 0.2) is 30.3 Å². The van der Waals surface area contributed by atoms with Crippen LogP contribution in [0.4, 0.5) is 0 Å². The molecule has 1 aromatic rings. The van der Waals surface area contributed by atoms with E-state index in [4.69, 9.17) is 0 Å². The first kappa shape index (κ1) is 13.1. The maximum absolute atomic E-state index is 11.3. The number of hydrogen-bond acceptors (Lipinski definition) is 3. The number of carboxylic acid groups (broad SMARTS) is 1. The van der Waals surface area contributed by atoms with E-state index in [9.17, 15) is 9.90 Å². The summed E-state index contributed by atoms with van der Waals surface area (Å²) in [4.78, 5) is 11.3. The van der Waals surface area contributed by atoms with Crippen LogP contribution in [0.5, 0.6) is 0 Å². The van der Waals surface area contributed by atoms with Gasteiger partial charge in [0.1, 0.15) is 6.04 Å². The molecule has 1 fully saturated rings. The smallest absolute Gasteiger partial charge is 0.325 e. The molecule has 3 N–H and O–H groups in total. The summed E-state index contributed by atoms with van der Waals surface area (Å²) in [7, 11) is 0. The lowest BCUT2D eigenvalue weighted by molar-refractivity contribution is -0.139. The zero-order valence-electron chi connectivity index (χ0n) is 10.4. The summed E-state index contributed by atoms with van der Waals surface area (Å²) >= 11 is 0. The van der Waals surface area contributed by atoms with Gasteiger partial charge in [-0.05, 0) is 37.4 Å². The van der Waals surface area contributed by atoms with E-state index in [2.05, 4.69) is 10.6 Å². The third-order valence-electron chi connectivity index (χ3n) is 3.39. The number of nitrogens with one attached hydrogen (secondary N) is 2. The van der Waals surface area contributed by atoms with E-state index in [0.717, 1.165) is 25.2 Å². The maximum atomic E-state index is 11.3. The average molecular weight is 248 g/mol. The molecule has 0 saturated carbocycles. The Kier molecular flexibility index (Phi) is 4.73. The predicted molar refractivity (Wildman–Crippen MR) is 70.4 cm³/mol. The number of hydrogen-bond donors (Lipinski definition) is 3. The van der Waals surface area contributed by atoms with Crippen molar-refractivity contribution in [1.82, 2.24) is 10.6 Å². The van der Waals surface area contributed by atoms with Gasteiger partial charge in [-0.3, -0.25) is 4.79 Å². The zero-order chi connectivity index (χ0) is 12.8. The Labute approximate surface area is 107 Å². The number of rotatable bonds is 5. The van der Waals surface area contributed by atoms with E-state index in [0.29, 0.717) is 5.92 Å². The molecule has 0 aromatic heterocycles. The van der Waals surface area contributed by atoms with Gasteiger partial charge >= 0.3 is 5.97 Å². The Morgan fingerprint density at radius 1 is 1.44 bits per heavy atom. The Bertz CT molecular complexity index is 375. The minimum Gasteiger partial charge on any atom is -0.480 e. The third-order valence-corrected chi connectivity index (χ3v) is 3.39. The van der Waals surface area contributed by atoms with Gasteiger partial charge in [0.2, 0.25) is 0 Å². The highest BCUT2D eigenvalue weighted by atomic mass is 16.4. The standard InChI is InChI=1S/C14H20N2O2/c17-14(18)13(12-6-2-1-3-7-12)16-10-11-5-4-8-15-9-11/h1-3,6-7,11,13,15-16H,4-5,8-10H2,(H,17,18). The minimum absolute atomic E-state index is 0.532. The van der Waals surface area contributed by atoms with Gasteiger partial charge in [-0.2, -0.15) is 0 Å². The molecule has 1 heterocycles. The monoisotopic (exact) mass is 248 g/mol. The molecule has 4 nitrogen and oxygen atoms in total. The van der Waals surface area contributed by atoms with Crippen molar-refractivity contribution < 1.29 is 9.90 Å².